The molecule has 96 valence electrons. The molecule has 0 aliphatic carbocycles. The third-order valence-electron chi connectivity index (χ3n) is 3.50. The van der Waals surface area contributed by atoms with Gasteiger partial charge in [-0.25, -0.2) is 0 Å². The van der Waals surface area contributed by atoms with Gasteiger partial charge in [0.2, 0.25) is 0 Å². The number of halogens is 1. The van der Waals surface area contributed by atoms with Crippen LogP contribution < -0.4 is 5.73 Å². The van der Waals surface area contributed by atoms with Crippen LogP contribution in [0.2, 0.25) is 0 Å². The second kappa shape index (κ2) is 5.33. The lowest BCUT2D eigenvalue weighted by molar-refractivity contribution is 0.524. The van der Waals surface area contributed by atoms with Crippen molar-refractivity contribution >= 4 is 27.7 Å². The van der Waals surface area contributed by atoms with Gasteiger partial charge in [0.25, 0.3) is 0 Å². The van der Waals surface area contributed by atoms with Crippen molar-refractivity contribution in [1.29, 1.82) is 0 Å². The maximum atomic E-state index is 6.00. The molecule has 0 radical (unpaired) electrons. The Kier molecular flexibility index (Phi) is 4.21. The fourth-order valence-electron chi connectivity index (χ4n) is 2.47. The van der Waals surface area contributed by atoms with Crippen LogP contribution in [0.1, 0.15) is 31.2 Å². The lowest BCUT2D eigenvalue weighted by Crippen LogP contribution is -2.35. The summed E-state index contributed by atoms with van der Waals surface area (Å²) in [6.45, 7) is 5.88. The summed E-state index contributed by atoms with van der Waals surface area (Å²) in [7, 11) is 0. The lowest BCUT2D eigenvalue weighted by Gasteiger charge is -2.26. The van der Waals surface area contributed by atoms with Gasteiger partial charge in [0.15, 0.2) is 0 Å². The lowest BCUT2D eigenvalue weighted by atomic mass is 9.97. The van der Waals surface area contributed by atoms with Crippen LogP contribution in [0.3, 0.4) is 0 Å². The van der Waals surface area contributed by atoms with E-state index in [9.17, 15) is 0 Å². The van der Waals surface area contributed by atoms with Crippen LogP contribution in [-0.2, 0) is 13.0 Å². The van der Waals surface area contributed by atoms with Crippen LogP contribution in [0, 0.1) is 6.92 Å². The molecule has 0 saturated carbocycles. The Hall–Kier alpha value is -0.0000000000000000555. The van der Waals surface area contributed by atoms with Crippen molar-refractivity contribution in [2.45, 2.75) is 44.4 Å². The summed E-state index contributed by atoms with van der Waals surface area (Å²) in [5.74, 6) is 1.24. The Morgan fingerprint density at radius 3 is 2.88 bits per heavy atom. The van der Waals surface area contributed by atoms with Crippen molar-refractivity contribution < 1.29 is 0 Å². The molecule has 1 aliphatic rings. The Bertz CT molecular complexity index is 397. The van der Waals surface area contributed by atoms with Gasteiger partial charge in [-0.15, -0.1) is 0 Å². The number of nitrogens with zero attached hydrogens (tertiary/aromatic N) is 2. The minimum absolute atomic E-state index is 0.238. The molecule has 1 aromatic heterocycles. The Balaban J connectivity index is 2.28. The quantitative estimate of drug-likeness (QED) is 0.928. The molecule has 2 heterocycles. The van der Waals surface area contributed by atoms with Gasteiger partial charge >= 0.3 is 0 Å². The van der Waals surface area contributed by atoms with E-state index in [4.69, 9.17) is 5.73 Å². The third kappa shape index (κ3) is 2.56. The Labute approximate surface area is 116 Å². The number of aromatic nitrogens is 2. The molecule has 1 aliphatic heterocycles. The van der Waals surface area contributed by atoms with Crippen LogP contribution in [-0.4, -0.2) is 26.8 Å². The summed E-state index contributed by atoms with van der Waals surface area (Å²) in [5.41, 5.74) is 8.39. The molecular formula is C12H20BrN3S. The Morgan fingerprint density at radius 2 is 2.35 bits per heavy atom. The van der Waals surface area contributed by atoms with Crippen LogP contribution in [0.4, 0.5) is 0 Å². The highest BCUT2D eigenvalue weighted by Gasteiger charge is 2.35. The number of rotatable bonds is 4. The Morgan fingerprint density at radius 1 is 1.59 bits per heavy atom. The molecule has 5 heteroatoms. The molecular weight excluding hydrogens is 298 g/mol. The van der Waals surface area contributed by atoms with Gasteiger partial charge in [0.1, 0.15) is 0 Å². The smallest absolute Gasteiger partial charge is 0.0738 e. The molecule has 0 bridgehead atoms. The largest absolute Gasteiger partial charge is 0.329 e. The summed E-state index contributed by atoms with van der Waals surface area (Å²) in [6, 6.07) is 0. The van der Waals surface area contributed by atoms with Gasteiger partial charge in [-0.3, -0.25) is 4.68 Å². The van der Waals surface area contributed by atoms with E-state index in [-0.39, 0.29) is 4.75 Å². The molecule has 1 aromatic rings. The van der Waals surface area contributed by atoms with Gasteiger partial charge < -0.3 is 5.73 Å². The van der Waals surface area contributed by atoms with E-state index in [1.807, 2.05) is 11.8 Å². The highest BCUT2D eigenvalue weighted by atomic mass is 79.9. The average molecular weight is 318 g/mol. The van der Waals surface area contributed by atoms with E-state index >= 15 is 0 Å². The van der Waals surface area contributed by atoms with Crippen molar-refractivity contribution in [3.63, 3.8) is 0 Å². The van der Waals surface area contributed by atoms with Crippen molar-refractivity contribution in [2.24, 2.45) is 5.73 Å². The molecule has 0 amide bonds. The molecule has 3 nitrogen and oxygen atoms in total. The number of aryl methyl sites for hydroxylation is 2. The standard InChI is InChI=1S/C12H20BrN3S/c1-3-16-10(11(13)9(2)15-16)7-12(8-14)5-4-6-17-12/h3-8,14H2,1-2H3. The summed E-state index contributed by atoms with van der Waals surface area (Å²) in [5, 5.41) is 4.56. The van der Waals surface area contributed by atoms with E-state index in [1.165, 1.54) is 28.8 Å². The van der Waals surface area contributed by atoms with Crippen LogP contribution >= 0.6 is 27.7 Å². The molecule has 17 heavy (non-hydrogen) atoms. The topological polar surface area (TPSA) is 43.8 Å². The second-order valence-electron chi connectivity index (χ2n) is 4.68. The maximum Gasteiger partial charge on any atom is 0.0738 e. The molecule has 0 spiro atoms. The highest BCUT2D eigenvalue weighted by Crippen LogP contribution is 2.41. The van der Waals surface area contributed by atoms with Gasteiger partial charge in [0.05, 0.1) is 15.9 Å². The molecule has 2 N–H and O–H groups in total. The number of hydrogen-bond acceptors (Lipinski definition) is 3. The van der Waals surface area contributed by atoms with Crippen LogP contribution in [0.5, 0.6) is 0 Å². The van der Waals surface area contributed by atoms with Crippen molar-refractivity contribution in [2.75, 3.05) is 12.3 Å². The number of nitrogens with two attached hydrogens (primary N) is 1. The first-order valence-electron chi connectivity index (χ1n) is 6.17. The number of thioether (sulfide) groups is 1. The summed E-state index contributed by atoms with van der Waals surface area (Å²) in [6.07, 6.45) is 3.55. The molecule has 1 saturated heterocycles. The van der Waals surface area contributed by atoms with Gasteiger partial charge in [0, 0.05) is 24.3 Å². The normalized spacial score (nSPS) is 24.5. The van der Waals surface area contributed by atoms with Crippen molar-refractivity contribution in [3.05, 3.63) is 15.9 Å². The molecule has 2 rings (SSSR count). The molecule has 1 atom stereocenters. The zero-order chi connectivity index (χ0) is 12.5. The molecule has 0 aromatic carbocycles. The summed E-state index contributed by atoms with van der Waals surface area (Å²) >= 11 is 5.70. The van der Waals surface area contributed by atoms with Gasteiger partial charge in [-0.1, -0.05) is 0 Å². The monoisotopic (exact) mass is 317 g/mol. The van der Waals surface area contributed by atoms with E-state index < -0.39 is 0 Å². The first-order chi connectivity index (χ1) is 8.12. The fourth-order valence-corrected chi connectivity index (χ4v) is 4.26. The zero-order valence-corrected chi connectivity index (χ0v) is 12.9. The minimum Gasteiger partial charge on any atom is -0.329 e. The molecule has 1 fully saturated rings. The minimum atomic E-state index is 0.238. The predicted molar refractivity (Wildman–Crippen MR) is 77.5 cm³/mol. The fraction of sp³-hybridized carbons (Fsp3) is 0.750. The van der Waals surface area contributed by atoms with Crippen molar-refractivity contribution in [3.8, 4) is 0 Å². The summed E-state index contributed by atoms with van der Waals surface area (Å²) < 4.78 is 3.51. The highest BCUT2D eigenvalue weighted by molar-refractivity contribution is 9.10. The number of hydrogen-bond donors (Lipinski definition) is 1. The SMILES string of the molecule is CCn1nc(C)c(Br)c1CC1(CN)CCCS1. The maximum absolute atomic E-state index is 6.00. The van der Waals surface area contributed by atoms with Crippen molar-refractivity contribution in [1.82, 2.24) is 9.78 Å². The first-order valence-corrected chi connectivity index (χ1v) is 7.95. The van der Waals surface area contributed by atoms with Crippen LogP contribution in [0.25, 0.3) is 0 Å². The van der Waals surface area contributed by atoms with Gasteiger partial charge in [-0.2, -0.15) is 16.9 Å². The van der Waals surface area contributed by atoms with E-state index in [0.29, 0.717) is 0 Å². The summed E-state index contributed by atoms with van der Waals surface area (Å²) in [4.78, 5) is 0. The predicted octanol–water partition coefficient (Wildman–Crippen LogP) is 2.74. The van der Waals surface area contributed by atoms with E-state index in [1.54, 1.807) is 0 Å². The van der Waals surface area contributed by atoms with E-state index in [0.717, 1.165) is 25.2 Å². The average Bonchev–Trinajstić information content (AvgIpc) is 2.90. The second-order valence-corrected chi connectivity index (χ2v) is 7.03. The van der Waals surface area contributed by atoms with Gasteiger partial charge in [-0.05, 0) is 48.4 Å². The third-order valence-corrected chi connectivity index (χ3v) is 6.15. The molecule has 1 unspecified atom stereocenters. The van der Waals surface area contributed by atoms with E-state index in [2.05, 4.69) is 39.6 Å². The first kappa shape index (κ1) is 13.4. The van der Waals surface area contributed by atoms with Crippen LogP contribution in [0.15, 0.2) is 4.47 Å². The zero-order valence-electron chi connectivity index (χ0n) is 10.5.